The van der Waals surface area contributed by atoms with Crippen LogP contribution in [-0.2, 0) is 24.4 Å². The zero-order chi connectivity index (χ0) is 14.7. The fourth-order valence-electron chi connectivity index (χ4n) is 1.81. The van der Waals surface area contributed by atoms with Crippen molar-refractivity contribution in [2.45, 2.75) is 26.6 Å². The van der Waals surface area contributed by atoms with Crippen molar-refractivity contribution in [3.8, 4) is 0 Å². The number of hydrogen-bond donors (Lipinski definition) is 0. The molecule has 8 heteroatoms. The van der Waals surface area contributed by atoms with Gasteiger partial charge in [-0.25, -0.2) is 0 Å². The monoisotopic (exact) mass is 315 g/mol. The van der Waals surface area contributed by atoms with Gasteiger partial charge in [-0.2, -0.15) is 10.2 Å². The maximum absolute atomic E-state index is 12.1. The normalized spacial score (nSPS) is 10.8. The fraction of sp³-hybridized carbons (Fsp3) is 0.417. The van der Waals surface area contributed by atoms with Gasteiger partial charge in [-0.3, -0.25) is 14.2 Å². The average molecular weight is 316 g/mol. The Morgan fingerprint density at radius 3 is 2.70 bits per heavy atom. The van der Waals surface area contributed by atoms with Gasteiger partial charge in [0.15, 0.2) is 0 Å². The molecule has 0 aliphatic carbocycles. The number of hydrogen-bond acceptors (Lipinski definition) is 3. The molecule has 0 aliphatic rings. The Morgan fingerprint density at radius 2 is 2.10 bits per heavy atom. The third-order valence-corrected chi connectivity index (χ3v) is 3.42. The van der Waals surface area contributed by atoms with Crippen LogP contribution in [0.5, 0.6) is 0 Å². The first-order valence-corrected chi connectivity index (χ1v) is 6.89. The lowest BCUT2D eigenvalue weighted by molar-refractivity contribution is -0.131. The Hall–Kier alpha value is -1.53. The Morgan fingerprint density at radius 1 is 1.35 bits per heavy atom. The van der Waals surface area contributed by atoms with Gasteiger partial charge in [0, 0.05) is 19.8 Å². The van der Waals surface area contributed by atoms with E-state index in [2.05, 4.69) is 10.2 Å². The lowest BCUT2D eigenvalue weighted by Crippen LogP contribution is -2.31. The van der Waals surface area contributed by atoms with E-state index >= 15 is 0 Å². The summed E-state index contributed by atoms with van der Waals surface area (Å²) in [4.78, 5) is 13.7. The second-order valence-electron chi connectivity index (χ2n) is 4.36. The van der Waals surface area contributed by atoms with E-state index in [9.17, 15) is 4.79 Å². The number of aromatic nitrogens is 4. The molecule has 0 bridgehead atoms. The predicted octanol–water partition coefficient (Wildman–Crippen LogP) is 2.06. The topological polar surface area (TPSA) is 56.0 Å². The SMILES string of the molecule is CCn1ncc(Cl)c1CN(C)C(=O)Cn1cc(Cl)cn1. The van der Waals surface area contributed by atoms with Gasteiger partial charge in [0.05, 0.1) is 34.7 Å². The molecule has 20 heavy (non-hydrogen) atoms. The maximum Gasteiger partial charge on any atom is 0.244 e. The second kappa shape index (κ2) is 6.28. The molecule has 0 atom stereocenters. The highest BCUT2D eigenvalue weighted by Gasteiger charge is 2.15. The van der Waals surface area contributed by atoms with Crippen molar-refractivity contribution in [2.75, 3.05) is 7.05 Å². The number of nitrogens with zero attached hydrogens (tertiary/aromatic N) is 5. The van der Waals surface area contributed by atoms with Gasteiger partial charge < -0.3 is 4.90 Å². The van der Waals surface area contributed by atoms with Crippen LogP contribution in [0.15, 0.2) is 18.6 Å². The van der Waals surface area contributed by atoms with E-state index in [-0.39, 0.29) is 12.5 Å². The second-order valence-corrected chi connectivity index (χ2v) is 5.20. The summed E-state index contributed by atoms with van der Waals surface area (Å²) in [6.45, 7) is 3.22. The minimum atomic E-state index is -0.0790. The van der Waals surface area contributed by atoms with E-state index in [1.54, 1.807) is 29.0 Å². The van der Waals surface area contributed by atoms with Crippen LogP contribution in [0.25, 0.3) is 0 Å². The molecule has 0 radical (unpaired) electrons. The molecule has 0 fully saturated rings. The average Bonchev–Trinajstić information content (AvgIpc) is 2.97. The Kier molecular flexibility index (Phi) is 4.67. The first-order chi connectivity index (χ1) is 9.51. The molecule has 2 heterocycles. The molecule has 0 saturated carbocycles. The van der Waals surface area contributed by atoms with Crippen molar-refractivity contribution >= 4 is 29.1 Å². The molecular weight excluding hydrogens is 301 g/mol. The summed E-state index contributed by atoms with van der Waals surface area (Å²) < 4.78 is 3.27. The minimum Gasteiger partial charge on any atom is -0.338 e. The molecule has 6 nitrogen and oxygen atoms in total. The first kappa shape index (κ1) is 14.9. The van der Waals surface area contributed by atoms with Gasteiger partial charge in [-0.05, 0) is 6.92 Å². The van der Waals surface area contributed by atoms with Crippen molar-refractivity contribution in [3.05, 3.63) is 34.3 Å². The number of rotatable bonds is 5. The molecule has 2 rings (SSSR count). The highest BCUT2D eigenvalue weighted by Crippen LogP contribution is 2.17. The zero-order valence-corrected chi connectivity index (χ0v) is 12.8. The maximum atomic E-state index is 12.1. The summed E-state index contributed by atoms with van der Waals surface area (Å²) >= 11 is 11.8. The van der Waals surface area contributed by atoms with Crippen LogP contribution >= 0.6 is 23.2 Å². The van der Waals surface area contributed by atoms with Gasteiger partial charge >= 0.3 is 0 Å². The summed E-state index contributed by atoms with van der Waals surface area (Å²) in [5, 5.41) is 9.20. The summed E-state index contributed by atoms with van der Waals surface area (Å²) in [5.74, 6) is -0.0790. The molecule has 0 unspecified atom stereocenters. The van der Waals surface area contributed by atoms with Crippen molar-refractivity contribution in [1.82, 2.24) is 24.5 Å². The lowest BCUT2D eigenvalue weighted by Gasteiger charge is -2.18. The highest BCUT2D eigenvalue weighted by atomic mass is 35.5. The van der Waals surface area contributed by atoms with Crippen LogP contribution in [0.2, 0.25) is 10.0 Å². The standard InChI is InChI=1S/C12H15Cl2N5O/c1-3-19-11(10(14)5-16-19)7-17(2)12(20)8-18-6-9(13)4-15-18/h4-6H,3,7-8H2,1-2H3. The molecular formula is C12H15Cl2N5O. The molecule has 0 N–H and O–H groups in total. The van der Waals surface area contributed by atoms with Gasteiger partial charge in [0.1, 0.15) is 6.54 Å². The van der Waals surface area contributed by atoms with E-state index in [4.69, 9.17) is 23.2 Å². The zero-order valence-electron chi connectivity index (χ0n) is 11.3. The molecule has 1 amide bonds. The third kappa shape index (κ3) is 3.32. The number of likely N-dealkylation sites (N-methyl/N-ethyl adjacent to an activating group) is 1. The Labute approximate surface area is 126 Å². The minimum absolute atomic E-state index is 0.0790. The predicted molar refractivity (Wildman–Crippen MR) is 76.6 cm³/mol. The van der Waals surface area contributed by atoms with E-state index in [1.165, 1.54) is 10.9 Å². The van der Waals surface area contributed by atoms with E-state index in [1.807, 2.05) is 6.92 Å². The van der Waals surface area contributed by atoms with Gasteiger partial charge in [-0.1, -0.05) is 23.2 Å². The van der Waals surface area contributed by atoms with Crippen molar-refractivity contribution in [3.63, 3.8) is 0 Å². The molecule has 0 spiro atoms. The van der Waals surface area contributed by atoms with Crippen LogP contribution in [0, 0.1) is 0 Å². The Bertz CT molecular complexity index is 607. The summed E-state index contributed by atoms with van der Waals surface area (Å²) in [7, 11) is 1.72. The van der Waals surface area contributed by atoms with E-state index in [0.717, 1.165) is 5.69 Å². The van der Waals surface area contributed by atoms with Gasteiger partial charge in [0.25, 0.3) is 0 Å². The van der Waals surface area contributed by atoms with Crippen LogP contribution in [0.3, 0.4) is 0 Å². The number of carbonyl (C=O) groups excluding carboxylic acids is 1. The molecule has 2 aromatic heterocycles. The van der Waals surface area contributed by atoms with E-state index in [0.29, 0.717) is 23.1 Å². The summed E-state index contributed by atoms with van der Waals surface area (Å²) in [6, 6.07) is 0. The van der Waals surface area contributed by atoms with Gasteiger partial charge in [0.2, 0.25) is 5.91 Å². The smallest absolute Gasteiger partial charge is 0.244 e. The van der Waals surface area contributed by atoms with Crippen LogP contribution in [0.1, 0.15) is 12.6 Å². The van der Waals surface area contributed by atoms with Crippen molar-refractivity contribution in [1.29, 1.82) is 0 Å². The third-order valence-electron chi connectivity index (χ3n) is 2.91. The van der Waals surface area contributed by atoms with Crippen LogP contribution in [0.4, 0.5) is 0 Å². The fourth-order valence-corrected chi connectivity index (χ4v) is 2.17. The number of halogens is 2. The number of amides is 1. The summed E-state index contributed by atoms with van der Waals surface area (Å²) in [6.07, 6.45) is 4.69. The van der Waals surface area contributed by atoms with Crippen molar-refractivity contribution in [2.24, 2.45) is 0 Å². The molecule has 0 saturated heterocycles. The first-order valence-electron chi connectivity index (χ1n) is 6.13. The molecule has 0 aromatic carbocycles. The quantitative estimate of drug-likeness (QED) is 0.848. The molecule has 108 valence electrons. The van der Waals surface area contributed by atoms with Gasteiger partial charge in [-0.15, -0.1) is 0 Å². The number of aryl methyl sites for hydroxylation is 1. The van der Waals surface area contributed by atoms with Crippen LogP contribution < -0.4 is 0 Å². The number of carbonyl (C=O) groups is 1. The molecule has 2 aromatic rings. The van der Waals surface area contributed by atoms with Crippen LogP contribution in [-0.4, -0.2) is 37.4 Å². The Balaban J connectivity index is 2.02. The lowest BCUT2D eigenvalue weighted by atomic mass is 10.3. The summed E-state index contributed by atoms with van der Waals surface area (Å²) in [5.41, 5.74) is 0.823. The highest BCUT2D eigenvalue weighted by molar-refractivity contribution is 6.31. The van der Waals surface area contributed by atoms with E-state index < -0.39 is 0 Å². The molecule has 0 aliphatic heterocycles. The largest absolute Gasteiger partial charge is 0.338 e. The van der Waals surface area contributed by atoms with Crippen molar-refractivity contribution < 1.29 is 4.79 Å².